The van der Waals surface area contributed by atoms with Gasteiger partial charge in [-0.2, -0.15) is 0 Å². The predicted molar refractivity (Wildman–Crippen MR) is 62.3 cm³/mol. The second kappa shape index (κ2) is 5.64. The minimum atomic E-state index is 0.205. The Morgan fingerprint density at radius 3 is 2.79 bits per heavy atom. The molecule has 1 fully saturated rings. The van der Waals surface area contributed by atoms with Gasteiger partial charge in [-0.05, 0) is 18.8 Å². The molecule has 0 aliphatic carbocycles. The Morgan fingerprint density at radius 1 is 1.50 bits per heavy atom. The van der Waals surface area contributed by atoms with Crippen LogP contribution in [0.1, 0.15) is 46.5 Å². The van der Waals surface area contributed by atoms with E-state index in [0.717, 1.165) is 12.8 Å². The zero-order valence-corrected chi connectivity index (χ0v) is 10.2. The van der Waals surface area contributed by atoms with Crippen molar-refractivity contribution in [2.24, 2.45) is 5.92 Å². The van der Waals surface area contributed by atoms with Crippen LogP contribution in [0.5, 0.6) is 0 Å². The summed E-state index contributed by atoms with van der Waals surface area (Å²) in [4.78, 5) is 11.6. The highest BCUT2D eigenvalue weighted by molar-refractivity contribution is 8.01. The van der Waals surface area contributed by atoms with Crippen LogP contribution in [-0.2, 0) is 4.79 Å². The molecule has 2 unspecified atom stereocenters. The first-order valence-electron chi connectivity index (χ1n) is 5.59. The maximum atomic E-state index is 11.6. The van der Waals surface area contributed by atoms with E-state index in [1.807, 2.05) is 11.8 Å². The van der Waals surface area contributed by atoms with Crippen molar-refractivity contribution in [3.05, 3.63) is 0 Å². The maximum Gasteiger partial charge on any atom is 0.234 e. The summed E-state index contributed by atoms with van der Waals surface area (Å²) in [5.41, 5.74) is 0. The van der Waals surface area contributed by atoms with Crippen molar-refractivity contribution < 1.29 is 4.79 Å². The average molecular weight is 215 g/mol. The number of hydrogen-bond acceptors (Lipinski definition) is 2. The fraction of sp³-hybridized carbons (Fsp3) is 0.909. The van der Waals surface area contributed by atoms with Crippen molar-refractivity contribution in [1.29, 1.82) is 0 Å². The number of thioether (sulfide) groups is 1. The molecule has 3 heteroatoms. The number of nitrogens with one attached hydrogen (secondary N) is 1. The Bertz CT molecular complexity index is 194. The second-order valence-electron chi connectivity index (χ2n) is 4.39. The summed E-state index contributed by atoms with van der Waals surface area (Å²) in [6, 6.07) is 0. The van der Waals surface area contributed by atoms with Crippen molar-refractivity contribution in [3.8, 4) is 0 Å². The predicted octanol–water partition coefficient (Wildman–Crippen LogP) is 2.78. The third kappa shape index (κ3) is 3.52. The number of unbranched alkanes of at least 4 members (excludes halogenated alkanes) is 1. The third-order valence-electron chi connectivity index (χ3n) is 2.43. The van der Waals surface area contributed by atoms with E-state index in [-0.39, 0.29) is 11.2 Å². The lowest BCUT2D eigenvalue weighted by Crippen LogP contribution is -2.27. The zero-order valence-electron chi connectivity index (χ0n) is 9.38. The Kier molecular flexibility index (Phi) is 4.79. The molecule has 1 N–H and O–H groups in total. The molecule has 1 aliphatic rings. The van der Waals surface area contributed by atoms with E-state index in [1.54, 1.807) is 0 Å². The molecule has 14 heavy (non-hydrogen) atoms. The highest BCUT2D eigenvalue weighted by Crippen LogP contribution is 2.30. The summed E-state index contributed by atoms with van der Waals surface area (Å²) < 4.78 is 0. The number of rotatable bonds is 5. The van der Waals surface area contributed by atoms with Crippen LogP contribution in [-0.4, -0.2) is 16.5 Å². The molecule has 0 radical (unpaired) electrons. The van der Waals surface area contributed by atoms with E-state index in [1.165, 1.54) is 12.8 Å². The molecule has 0 spiro atoms. The third-order valence-corrected chi connectivity index (χ3v) is 3.85. The standard InChI is InChI=1S/C11H21NOS/c1-4-5-6-10-12-11(13)9(14-10)7-8(2)3/h8-10H,4-7H2,1-3H3,(H,12,13). The maximum absolute atomic E-state index is 11.6. The van der Waals surface area contributed by atoms with Gasteiger partial charge in [0, 0.05) is 0 Å². The van der Waals surface area contributed by atoms with Crippen molar-refractivity contribution >= 4 is 17.7 Å². The SMILES string of the molecule is CCCCC1NC(=O)C(CC(C)C)S1. The van der Waals surface area contributed by atoms with Gasteiger partial charge in [0.15, 0.2) is 0 Å². The van der Waals surface area contributed by atoms with Crippen molar-refractivity contribution in [3.63, 3.8) is 0 Å². The van der Waals surface area contributed by atoms with Gasteiger partial charge in [-0.3, -0.25) is 4.79 Å². The molecule has 2 nitrogen and oxygen atoms in total. The van der Waals surface area contributed by atoms with Gasteiger partial charge >= 0.3 is 0 Å². The lowest BCUT2D eigenvalue weighted by molar-refractivity contribution is -0.120. The summed E-state index contributed by atoms with van der Waals surface area (Å²) in [7, 11) is 0. The Morgan fingerprint density at radius 2 is 2.21 bits per heavy atom. The molecule has 1 rings (SSSR count). The van der Waals surface area contributed by atoms with Crippen LogP contribution in [0.25, 0.3) is 0 Å². The Labute approximate surface area is 91.2 Å². The molecule has 0 aromatic heterocycles. The first-order valence-corrected chi connectivity index (χ1v) is 6.53. The summed E-state index contributed by atoms with van der Waals surface area (Å²) >= 11 is 1.83. The van der Waals surface area contributed by atoms with Crippen molar-refractivity contribution in [1.82, 2.24) is 5.32 Å². The molecule has 1 amide bonds. The lowest BCUT2D eigenvalue weighted by atomic mass is 10.1. The van der Waals surface area contributed by atoms with E-state index in [2.05, 4.69) is 26.1 Å². The second-order valence-corrected chi connectivity index (χ2v) is 5.80. The normalized spacial score (nSPS) is 27.0. The van der Waals surface area contributed by atoms with Crippen LogP contribution in [0.3, 0.4) is 0 Å². The Hall–Kier alpha value is -0.180. The summed E-state index contributed by atoms with van der Waals surface area (Å²) in [5, 5.41) is 3.65. The quantitative estimate of drug-likeness (QED) is 0.764. The van der Waals surface area contributed by atoms with E-state index in [0.29, 0.717) is 11.3 Å². The van der Waals surface area contributed by atoms with Crippen LogP contribution in [0.4, 0.5) is 0 Å². The fourth-order valence-corrected chi connectivity index (χ4v) is 3.24. The molecule has 0 aromatic rings. The van der Waals surface area contributed by atoms with Crippen LogP contribution in [0.15, 0.2) is 0 Å². The zero-order chi connectivity index (χ0) is 10.6. The average Bonchev–Trinajstić information content (AvgIpc) is 2.43. The number of carbonyl (C=O) groups excluding carboxylic acids is 1. The highest BCUT2D eigenvalue weighted by atomic mass is 32.2. The largest absolute Gasteiger partial charge is 0.343 e. The molecule has 82 valence electrons. The highest BCUT2D eigenvalue weighted by Gasteiger charge is 2.32. The first-order chi connectivity index (χ1) is 6.63. The molecule has 0 saturated carbocycles. The summed E-state index contributed by atoms with van der Waals surface area (Å²) in [6.07, 6.45) is 4.56. The van der Waals surface area contributed by atoms with E-state index < -0.39 is 0 Å². The van der Waals surface area contributed by atoms with Crippen LogP contribution in [0.2, 0.25) is 0 Å². The minimum Gasteiger partial charge on any atom is -0.343 e. The van der Waals surface area contributed by atoms with Crippen molar-refractivity contribution in [2.75, 3.05) is 0 Å². The van der Waals surface area contributed by atoms with Gasteiger partial charge in [-0.25, -0.2) is 0 Å². The Balaban J connectivity index is 2.32. The first kappa shape index (κ1) is 11.9. The van der Waals surface area contributed by atoms with Gasteiger partial charge in [-0.1, -0.05) is 33.6 Å². The summed E-state index contributed by atoms with van der Waals surface area (Å²) in [5.74, 6) is 0.868. The van der Waals surface area contributed by atoms with E-state index in [9.17, 15) is 4.79 Å². The minimum absolute atomic E-state index is 0.205. The van der Waals surface area contributed by atoms with Gasteiger partial charge in [-0.15, -0.1) is 11.8 Å². The molecule has 0 aromatic carbocycles. The molecular weight excluding hydrogens is 194 g/mol. The molecule has 2 atom stereocenters. The molecule has 1 heterocycles. The van der Waals surface area contributed by atoms with E-state index >= 15 is 0 Å². The van der Waals surface area contributed by atoms with E-state index in [4.69, 9.17) is 0 Å². The fourth-order valence-electron chi connectivity index (χ4n) is 1.67. The van der Waals surface area contributed by atoms with Gasteiger partial charge < -0.3 is 5.32 Å². The smallest absolute Gasteiger partial charge is 0.234 e. The number of amides is 1. The van der Waals surface area contributed by atoms with Crippen molar-refractivity contribution in [2.45, 2.75) is 57.1 Å². The topological polar surface area (TPSA) is 29.1 Å². The van der Waals surface area contributed by atoms with Crippen LogP contribution in [0, 0.1) is 5.92 Å². The summed E-state index contributed by atoms with van der Waals surface area (Å²) in [6.45, 7) is 6.54. The van der Waals surface area contributed by atoms with Gasteiger partial charge in [0.05, 0.1) is 10.6 Å². The molecule has 1 saturated heterocycles. The van der Waals surface area contributed by atoms with Gasteiger partial charge in [0.2, 0.25) is 5.91 Å². The number of hydrogen-bond donors (Lipinski definition) is 1. The molecule has 0 bridgehead atoms. The van der Waals surface area contributed by atoms with Gasteiger partial charge in [0.25, 0.3) is 0 Å². The monoisotopic (exact) mass is 215 g/mol. The van der Waals surface area contributed by atoms with Crippen LogP contribution >= 0.6 is 11.8 Å². The van der Waals surface area contributed by atoms with Crippen LogP contribution < -0.4 is 5.32 Å². The van der Waals surface area contributed by atoms with Gasteiger partial charge in [0.1, 0.15) is 0 Å². The molecular formula is C11H21NOS. The lowest BCUT2D eigenvalue weighted by Gasteiger charge is -2.09. The number of carbonyl (C=O) groups is 1. The molecule has 1 aliphatic heterocycles.